The summed E-state index contributed by atoms with van der Waals surface area (Å²) in [5.74, 6) is -0.122. The molecule has 26 heavy (non-hydrogen) atoms. The van der Waals surface area contributed by atoms with Crippen LogP contribution in [0.5, 0.6) is 0 Å². The molecule has 0 amide bonds. The second kappa shape index (κ2) is 7.10. The maximum absolute atomic E-state index is 12.5. The predicted octanol–water partition coefficient (Wildman–Crippen LogP) is 2.95. The Kier molecular flexibility index (Phi) is 4.87. The van der Waals surface area contributed by atoms with Crippen LogP contribution in [0.3, 0.4) is 0 Å². The normalized spacial score (nSPS) is 19.5. The molecule has 7 heteroatoms. The third kappa shape index (κ3) is 3.81. The number of thioether (sulfide) groups is 1. The highest BCUT2D eigenvalue weighted by Gasteiger charge is 2.32. The number of carbonyl (C=O) groups excluding carboxylic acids is 1. The summed E-state index contributed by atoms with van der Waals surface area (Å²) in [7, 11) is 0. The zero-order valence-corrected chi connectivity index (χ0v) is 15.1. The maximum atomic E-state index is 12.5. The quantitative estimate of drug-likeness (QED) is 0.837. The first kappa shape index (κ1) is 17.8. The summed E-state index contributed by atoms with van der Waals surface area (Å²) in [6.45, 7) is 5.96. The van der Waals surface area contributed by atoms with Crippen molar-refractivity contribution >= 4 is 22.7 Å². The van der Waals surface area contributed by atoms with Gasteiger partial charge in [-0.3, -0.25) is 14.8 Å². The van der Waals surface area contributed by atoms with E-state index in [9.17, 15) is 4.79 Å². The minimum atomic E-state index is -0.585. The molecule has 0 aliphatic carbocycles. The number of ketones is 1. The monoisotopic (exact) mass is 363 g/mol. The first-order valence-electron chi connectivity index (χ1n) is 7.95. The van der Waals surface area contributed by atoms with Crippen molar-refractivity contribution in [2.75, 3.05) is 0 Å². The van der Waals surface area contributed by atoms with E-state index < -0.39 is 5.54 Å². The molecule has 0 radical (unpaired) electrons. The van der Waals surface area contributed by atoms with Crippen LogP contribution < -0.4 is 5.73 Å². The van der Waals surface area contributed by atoms with Gasteiger partial charge < -0.3 is 5.73 Å². The fourth-order valence-corrected chi connectivity index (χ4v) is 3.70. The molecule has 0 fully saturated rings. The molecule has 1 aliphatic heterocycles. The van der Waals surface area contributed by atoms with Gasteiger partial charge in [-0.25, -0.2) is 4.99 Å². The SMILES string of the molecule is C=C1C[C@@](C)(c2cc(CC(=O)c3ccc(C#N)cn3)ccn2)N=C(N)S1. The number of hydrogen-bond donors (Lipinski definition) is 1. The molecule has 0 saturated carbocycles. The zero-order valence-electron chi connectivity index (χ0n) is 14.3. The van der Waals surface area contributed by atoms with Gasteiger partial charge in [0.25, 0.3) is 0 Å². The Hall–Kier alpha value is -2.98. The summed E-state index contributed by atoms with van der Waals surface area (Å²) in [6.07, 6.45) is 3.90. The van der Waals surface area contributed by atoms with Crippen molar-refractivity contribution in [2.45, 2.75) is 25.3 Å². The molecule has 0 bridgehead atoms. The second-order valence-corrected chi connectivity index (χ2v) is 7.43. The molecule has 3 heterocycles. The molecule has 0 aromatic carbocycles. The smallest absolute Gasteiger partial charge is 0.185 e. The van der Waals surface area contributed by atoms with Crippen LogP contribution in [-0.2, 0) is 12.0 Å². The number of aliphatic imine (C=N–C) groups is 1. The zero-order chi connectivity index (χ0) is 18.7. The fourth-order valence-electron chi connectivity index (χ4n) is 2.80. The van der Waals surface area contributed by atoms with Crippen molar-refractivity contribution in [3.8, 4) is 6.07 Å². The van der Waals surface area contributed by atoms with Crippen molar-refractivity contribution < 1.29 is 4.79 Å². The minimum absolute atomic E-state index is 0.122. The third-order valence-electron chi connectivity index (χ3n) is 4.07. The van der Waals surface area contributed by atoms with Gasteiger partial charge in [0, 0.05) is 25.2 Å². The molecule has 0 spiro atoms. The van der Waals surface area contributed by atoms with Crippen LogP contribution >= 0.6 is 11.8 Å². The highest BCUT2D eigenvalue weighted by molar-refractivity contribution is 8.17. The van der Waals surface area contributed by atoms with E-state index in [1.807, 2.05) is 19.1 Å². The van der Waals surface area contributed by atoms with Crippen molar-refractivity contribution in [2.24, 2.45) is 10.7 Å². The van der Waals surface area contributed by atoms with E-state index in [0.717, 1.165) is 16.2 Å². The van der Waals surface area contributed by atoms with Gasteiger partial charge in [0.15, 0.2) is 11.0 Å². The Labute approximate surface area is 155 Å². The fraction of sp³-hybridized carbons (Fsp3) is 0.211. The van der Waals surface area contributed by atoms with Crippen molar-refractivity contribution in [1.82, 2.24) is 9.97 Å². The largest absolute Gasteiger partial charge is 0.378 e. The molecule has 2 N–H and O–H groups in total. The van der Waals surface area contributed by atoms with Crippen LogP contribution in [-0.4, -0.2) is 20.9 Å². The van der Waals surface area contributed by atoms with E-state index in [2.05, 4.69) is 21.5 Å². The minimum Gasteiger partial charge on any atom is -0.378 e. The molecule has 2 aromatic rings. The number of carbonyl (C=O) groups is 1. The van der Waals surface area contributed by atoms with E-state index >= 15 is 0 Å². The predicted molar refractivity (Wildman–Crippen MR) is 102 cm³/mol. The Morgan fingerprint density at radius 3 is 2.88 bits per heavy atom. The molecular weight excluding hydrogens is 346 g/mol. The number of pyridine rings is 2. The van der Waals surface area contributed by atoms with Crippen LogP contribution in [0, 0.1) is 11.3 Å². The van der Waals surface area contributed by atoms with Gasteiger partial charge >= 0.3 is 0 Å². The number of amidine groups is 1. The molecule has 130 valence electrons. The summed E-state index contributed by atoms with van der Waals surface area (Å²) >= 11 is 1.37. The molecule has 3 rings (SSSR count). The molecule has 2 aromatic heterocycles. The number of nitrogens with two attached hydrogens (primary N) is 1. The Morgan fingerprint density at radius 1 is 1.42 bits per heavy atom. The summed E-state index contributed by atoms with van der Waals surface area (Å²) in [5.41, 5.74) is 7.64. The molecule has 0 unspecified atom stereocenters. The average molecular weight is 363 g/mol. The van der Waals surface area contributed by atoms with Gasteiger partial charge in [0.05, 0.1) is 11.3 Å². The van der Waals surface area contributed by atoms with E-state index in [0.29, 0.717) is 22.8 Å². The summed E-state index contributed by atoms with van der Waals surface area (Å²) in [5, 5.41) is 9.28. The van der Waals surface area contributed by atoms with E-state index in [-0.39, 0.29) is 12.2 Å². The number of aromatic nitrogens is 2. The summed E-state index contributed by atoms with van der Waals surface area (Å²) in [6, 6.07) is 8.81. The number of nitrogens with zero attached hydrogens (tertiary/aromatic N) is 4. The van der Waals surface area contributed by atoms with Crippen LogP contribution in [0.4, 0.5) is 0 Å². The molecule has 6 nitrogen and oxygen atoms in total. The molecule has 0 saturated heterocycles. The lowest BCUT2D eigenvalue weighted by atomic mass is 9.92. The van der Waals surface area contributed by atoms with Gasteiger partial charge in [-0.2, -0.15) is 5.26 Å². The lowest BCUT2D eigenvalue weighted by Crippen LogP contribution is -2.28. The first-order chi connectivity index (χ1) is 12.4. The Morgan fingerprint density at radius 2 is 2.23 bits per heavy atom. The number of nitriles is 1. The Balaban J connectivity index is 1.83. The van der Waals surface area contributed by atoms with E-state index in [4.69, 9.17) is 11.0 Å². The van der Waals surface area contributed by atoms with Gasteiger partial charge in [0.2, 0.25) is 0 Å². The van der Waals surface area contributed by atoms with Crippen LogP contribution in [0.25, 0.3) is 0 Å². The molecular formula is C19H17N5OS. The number of Topliss-reactive ketones (excluding diaryl/α,β-unsaturated/α-hetero) is 1. The number of rotatable bonds is 4. The van der Waals surface area contributed by atoms with E-state index in [1.165, 1.54) is 18.0 Å². The van der Waals surface area contributed by atoms with E-state index in [1.54, 1.807) is 24.4 Å². The van der Waals surface area contributed by atoms with Gasteiger partial charge in [-0.15, -0.1) is 0 Å². The first-order valence-corrected chi connectivity index (χ1v) is 8.77. The lowest BCUT2D eigenvalue weighted by molar-refractivity contribution is 0.0988. The summed E-state index contributed by atoms with van der Waals surface area (Å²) in [4.78, 5) is 26.4. The highest BCUT2D eigenvalue weighted by atomic mass is 32.2. The standard InChI is InChI=1S/C19H17N5OS/c1-12-9-19(2,24-18(21)26-12)17-8-13(5-6-22-17)7-16(25)15-4-3-14(10-20)11-23-15/h3-6,8,11H,1,7,9H2,2H3,(H2,21,24)/t19-/m0/s1. The van der Waals surface area contributed by atoms with Crippen molar-refractivity contribution in [1.29, 1.82) is 5.26 Å². The average Bonchev–Trinajstić information content (AvgIpc) is 2.61. The maximum Gasteiger partial charge on any atom is 0.185 e. The van der Waals surface area contributed by atoms with Crippen molar-refractivity contribution in [3.63, 3.8) is 0 Å². The third-order valence-corrected chi connectivity index (χ3v) is 4.80. The molecule has 1 atom stereocenters. The van der Waals surface area contributed by atoms with Crippen molar-refractivity contribution in [3.05, 3.63) is 70.7 Å². The Bertz CT molecular complexity index is 945. The van der Waals surface area contributed by atoms with Gasteiger partial charge in [-0.05, 0) is 41.7 Å². The lowest BCUT2D eigenvalue weighted by Gasteiger charge is -2.30. The van der Waals surface area contributed by atoms with Gasteiger partial charge in [-0.1, -0.05) is 18.3 Å². The topological polar surface area (TPSA) is 105 Å². The second-order valence-electron chi connectivity index (χ2n) is 6.23. The number of hydrogen-bond acceptors (Lipinski definition) is 7. The van der Waals surface area contributed by atoms with Crippen LogP contribution in [0.2, 0.25) is 0 Å². The summed E-state index contributed by atoms with van der Waals surface area (Å²) < 4.78 is 0. The highest BCUT2D eigenvalue weighted by Crippen LogP contribution is 2.39. The van der Waals surface area contributed by atoms with Crippen LogP contribution in [0.1, 0.15) is 40.7 Å². The van der Waals surface area contributed by atoms with Gasteiger partial charge in [0.1, 0.15) is 17.3 Å². The molecule has 1 aliphatic rings. The van der Waals surface area contributed by atoms with Crippen LogP contribution in [0.15, 0.2) is 53.1 Å².